The summed E-state index contributed by atoms with van der Waals surface area (Å²) in [6.45, 7) is 8.49. The number of ether oxygens (including phenoxy) is 1. The van der Waals surface area contributed by atoms with E-state index in [2.05, 4.69) is 11.9 Å². The van der Waals surface area contributed by atoms with Gasteiger partial charge in [-0.3, -0.25) is 5.32 Å². The highest BCUT2D eigenvalue weighted by atomic mass is 16.6. The zero-order valence-electron chi connectivity index (χ0n) is 8.22. The Morgan fingerprint density at radius 1 is 1.62 bits per heavy atom. The molecule has 13 heavy (non-hydrogen) atoms. The lowest BCUT2D eigenvalue weighted by molar-refractivity contribution is -0.154. The van der Waals surface area contributed by atoms with Crippen molar-refractivity contribution >= 4 is 12.3 Å². The van der Waals surface area contributed by atoms with Gasteiger partial charge in [0.05, 0.1) is 6.54 Å². The Kier molecular flexibility index (Phi) is 4.34. The van der Waals surface area contributed by atoms with Crippen molar-refractivity contribution in [2.75, 3.05) is 6.54 Å². The molecule has 4 nitrogen and oxygen atoms in total. The van der Waals surface area contributed by atoms with Crippen LogP contribution in [0.5, 0.6) is 0 Å². The molecule has 0 spiro atoms. The molecule has 0 aromatic rings. The molecule has 0 saturated heterocycles. The van der Waals surface area contributed by atoms with Crippen LogP contribution in [0, 0.1) is 0 Å². The third-order valence-electron chi connectivity index (χ3n) is 1.31. The van der Waals surface area contributed by atoms with Crippen molar-refractivity contribution in [2.45, 2.75) is 26.5 Å². The molecular formula is C9H15NO3. The number of nitrogens with one attached hydrogen (secondary N) is 1. The van der Waals surface area contributed by atoms with Crippen molar-refractivity contribution < 1.29 is 14.3 Å². The van der Waals surface area contributed by atoms with Gasteiger partial charge in [0.25, 0.3) is 0 Å². The Hall–Kier alpha value is -1.16. The van der Waals surface area contributed by atoms with E-state index in [4.69, 9.17) is 4.74 Å². The summed E-state index contributed by atoms with van der Waals surface area (Å²) in [5.74, 6) is -0.469. The quantitative estimate of drug-likeness (QED) is 0.295. The summed E-state index contributed by atoms with van der Waals surface area (Å²) in [6.07, 6.45) is 0.705. The minimum Gasteiger partial charge on any atom is -0.441 e. The van der Waals surface area contributed by atoms with Crippen molar-refractivity contribution in [1.82, 2.24) is 5.32 Å². The summed E-state index contributed by atoms with van der Waals surface area (Å²) in [4.78, 5) is 21.1. The smallest absolute Gasteiger partial charge is 0.334 e. The van der Waals surface area contributed by atoms with E-state index in [0.29, 0.717) is 11.9 Å². The first-order valence-corrected chi connectivity index (χ1v) is 3.96. The van der Waals surface area contributed by atoms with Crippen LogP contribution in [-0.4, -0.2) is 24.5 Å². The largest absolute Gasteiger partial charge is 0.441 e. The van der Waals surface area contributed by atoms with Crippen molar-refractivity contribution in [1.29, 1.82) is 0 Å². The molecule has 74 valence electrons. The van der Waals surface area contributed by atoms with Crippen LogP contribution < -0.4 is 5.32 Å². The maximum Gasteiger partial charge on any atom is 0.334 e. The lowest BCUT2D eigenvalue weighted by atomic mass is 10.3. The van der Waals surface area contributed by atoms with Crippen molar-refractivity contribution in [3.63, 3.8) is 0 Å². The highest BCUT2D eigenvalue weighted by Gasteiger charge is 2.21. The predicted octanol–water partition coefficient (Wildman–Crippen LogP) is 0.630. The minimum absolute atomic E-state index is 0.149. The van der Waals surface area contributed by atoms with Gasteiger partial charge in [-0.15, -0.1) is 0 Å². The number of carbonyl (C=O) groups is 2. The van der Waals surface area contributed by atoms with E-state index < -0.39 is 11.7 Å². The van der Waals surface area contributed by atoms with Crippen LogP contribution in [-0.2, 0) is 14.3 Å². The summed E-state index contributed by atoms with van der Waals surface area (Å²) in [6, 6.07) is 0. The molecule has 0 atom stereocenters. The van der Waals surface area contributed by atoms with Crippen LogP contribution in [0.4, 0.5) is 0 Å². The summed E-state index contributed by atoms with van der Waals surface area (Å²) >= 11 is 0. The molecule has 1 N–H and O–H groups in total. The second kappa shape index (κ2) is 4.77. The molecule has 0 saturated carbocycles. The van der Waals surface area contributed by atoms with Gasteiger partial charge in [-0.2, -0.15) is 0 Å². The van der Waals surface area contributed by atoms with Crippen molar-refractivity contribution in [3.05, 3.63) is 12.2 Å². The highest BCUT2D eigenvalue weighted by Crippen LogP contribution is 2.06. The first kappa shape index (κ1) is 11.8. The molecule has 0 bridgehead atoms. The fraction of sp³-hybridized carbons (Fsp3) is 0.556. The van der Waals surface area contributed by atoms with Crippen LogP contribution >= 0.6 is 0 Å². The summed E-state index contributed by atoms with van der Waals surface area (Å²) in [5.41, 5.74) is -0.502. The summed E-state index contributed by atoms with van der Waals surface area (Å²) in [7, 11) is 0. The van der Waals surface area contributed by atoms with Gasteiger partial charge in [-0.25, -0.2) is 4.79 Å². The maximum absolute atomic E-state index is 11.1. The zero-order valence-corrected chi connectivity index (χ0v) is 8.22. The normalized spacial score (nSPS) is 10.7. The van der Waals surface area contributed by atoms with Crippen molar-refractivity contribution in [3.8, 4) is 0 Å². The molecule has 0 aliphatic heterocycles. The first-order chi connectivity index (χ1) is 5.89. The number of aldehydes is 1. The summed E-state index contributed by atoms with van der Waals surface area (Å²) in [5, 5.41) is 2.74. The van der Waals surface area contributed by atoms with Gasteiger partial charge in [0.1, 0.15) is 6.29 Å². The number of esters is 1. The van der Waals surface area contributed by atoms with E-state index >= 15 is 0 Å². The SMILES string of the molecule is C=C(C)C(=O)OC(C)(C)NCC=O. The van der Waals surface area contributed by atoms with Gasteiger partial charge in [-0.1, -0.05) is 6.58 Å². The Labute approximate surface area is 78.0 Å². The molecule has 0 aliphatic carbocycles. The van der Waals surface area contributed by atoms with Crippen LogP contribution in [0.2, 0.25) is 0 Å². The predicted molar refractivity (Wildman–Crippen MR) is 49.1 cm³/mol. The van der Waals surface area contributed by atoms with E-state index in [-0.39, 0.29) is 6.54 Å². The molecule has 0 heterocycles. The fourth-order valence-electron chi connectivity index (χ4n) is 0.642. The van der Waals surface area contributed by atoms with Crippen LogP contribution in [0.15, 0.2) is 12.2 Å². The second-order valence-electron chi connectivity index (χ2n) is 3.23. The van der Waals surface area contributed by atoms with Gasteiger partial charge in [0.2, 0.25) is 0 Å². The number of rotatable bonds is 5. The Morgan fingerprint density at radius 3 is 2.54 bits per heavy atom. The van der Waals surface area contributed by atoms with E-state index in [9.17, 15) is 9.59 Å². The average molecular weight is 185 g/mol. The second-order valence-corrected chi connectivity index (χ2v) is 3.23. The standard InChI is InChI=1S/C9H15NO3/c1-7(2)8(12)13-9(3,4)10-5-6-11/h6,10H,1,5H2,2-4H3. The van der Waals surface area contributed by atoms with Gasteiger partial charge in [-0.05, 0) is 20.8 Å². The van der Waals surface area contributed by atoms with Crippen LogP contribution in [0.3, 0.4) is 0 Å². The maximum atomic E-state index is 11.1. The third kappa shape index (κ3) is 5.14. The minimum atomic E-state index is -0.836. The monoisotopic (exact) mass is 185 g/mol. The molecule has 0 amide bonds. The van der Waals surface area contributed by atoms with Gasteiger partial charge < -0.3 is 9.53 Å². The van der Waals surface area contributed by atoms with E-state index in [0.717, 1.165) is 0 Å². The number of hydrogen-bond donors (Lipinski definition) is 1. The Bertz CT molecular complexity index is 221. The summed E-state index contributed by atoms with van der Waals surface area (Å²) < 4.78 is 4.99. The van der Waals surface area contributed by atoms with Crippen molar-refractivity contribution in [2.24, 2.45) is 0 Å². The Balaban J connectivity index is 4.07. The molecule has 0 aliphatic rings. The first-order valence-electron chi connectivity index (χ1n) is 3.96. The molecule has 0 radical (unpaired) electrons. The van der Waals surface area contributed by atoms with Gasteiger partial charge in [0, 0.05) is 5.57 Å². The number of carbonyl (C=O) groups excluding carboxylic acids is 2. The molecular weight excluding hydrogens is 170 g/mol. The van der Waals surface area contributed by atoms with Gasteiger partial charge >= 0.3 is 5.97 Å². The van der Waals surface area contributed by atoms with E-state index in [1.807, 2.05) is 0 Å². The third-order valence-corrected chi connectivity index (χ3v) is 1.31. The molecule has 4 heteroatoms. The topological polar surface area (TPSA) is 55.4 Å². The van der Waals surface area contributed by atoms with Gasteiger partial charge in [0.15, 0.2) is 5.72 Å². The molecule has 0 aromatic heterocycles. The van der Waals surface area contributed by atoms with Crippen LogP contribution in [0.1, 0.15) is 20.8 Å². The Morgan fingerprint density at radius 2 is 2.15 bits per heavy atom. The average Bonchev–Trinajstić information content (AvgIpc) is 2.00. The number of hydrogen-bond acceptors (Lipinski definition) is 4. The fourth-order valence-corrected chi connectivity index (χ4v) is 0.642. The van der Waals surface area contributed by atoms with E-state index in [1.165, 1.54) is 0 Å². The zero-order chi connectivity index (χ0) is 10.5. The molecule has 0 aromatic carbocycles. The highest BCUT2D eigenvalue weighted by molar-refractivity contribution is 5.87. The lowest BCUT2D eigenvalue weighted by Crippen LogP contribution is -2.44. The van der Waals surface area contributed by atoms with E-state index in [1.54, 1.807) is 20.8 Å². The lowest BCUT2D eigenvalue weighted by Gasteiger charge is -2.25. The molecule has 0 unspecified atom stereocenters. The molecule has 0 fully saturated rings. The van der Waals surface area contributed by atoms with Crippen LogP contribution in [0.25, 0.3) is 0 Å². The molecule has 0 rings (SSSR count).